The van der Waals surface area contributed by atoms with Gasteiger partial charge in [-0.05, 0) is 13.8 Å². The zero-order valence-electron chi connectivity index (χ0n) is 75.1. The van der Waals surface area contributed by atoms with Crippen LogP contribution in [0.15, 0.2) is 0 Å². The first-order valence-electron chi connectivity index (χ1n) is 44.9. The Kier molecular flexibility index (Phi) is 40.8. The largest absolute Gasteiger partial charge is 0.394 e. The maximum absolute atomic E-state index is 13.9. The van der Waals surface area contributed by atoms with Crippen LogP contribution in [0.25, 0.3) is 0 Å². The number of amides is 3. The van der Waals surface area contributed by atoms with Crippen molar-refractivity contribution in [3.8, 4) is 0 Å². The number of rotatable bonds is 35. The lowest BCUT2D eigenvalue weighted by molar-refractivity contribution is -0.400. The van der Waals surface area contributed by atoms with E-state index in [9.17, 15) is 183 Å². The second-order valence-corrected chi connectivity index (χ2v) is 35.8. The number of hydrogen-bond donors (Lipinski definition) is 36. The molecule has 12 aliphatic heterocycles. The van der Waals surface area contributed by atoms with Gasteiger partial charge in [0.15, 0.2) is 75.5 Å². The van der Waals surface area contributed by atoms with Gasteiger partial charge in [-0.15, -0.1) is 0 Å². The molecule has 0 aliphatic carbocycles. The molecule has 60 atom stereocenters. The lowest BCUT2D eigenvalue weighted by Gasteiger charge is -2.52. The highest BCUT2D eigenvalue weighted by Crippen LogP contribution is 2.43. The topological polar surface area (TPSA) is 967 Å². The predicted octanol–water partition coefficient (Wildman–Crippen LogP) is -24.7. The first-order valence-corrected chi connectivity index (χ1v) is 44.9. The molecule has 0 unspecified atom stereocenters. The Morgan fingerprint density at radius 1 is 0.200 bits per heavy atom. The maximum atomic E-state index is 13.9. The van der Waals surface area contributed by atoms with E-state index >= 15 is 0 Å². The Morgan fingerprint density at radius 3 is 0.771 bits per heavy atom. The smallest absolute Gasteiger partial charge is 0.217 e. The van der Waals surface area contributed by atoms with Gasteiger partial charge in [-0.25, -0.2) is 0 Å². The molecule has 62 heteroatoms. The van der Waals surface area contributed by atoms with Crippen molar-refractivity contribution in [1.82, 2.24) is 16.0 Å². The molecular weight excluding hydrogens is 1920 g/mol. The van der Waals surface area contributed by atoms with Crippen molar-refractivity contribution in [2.45, 2.75) is 403 Å². The van der Waals surface area contributed by atoms with E-state index in [0.29, 0.717) is 0 Å². The lowest BCUT2D eigenvalue weighted by Crippen LogP contribution is -2.72. The van der Waals surface area contributed by atoms with Crippen molar-refractivity contribution in [2.75, 3.05) is 66.1 Å². The van der Waals surface area contributed by atoms with Crippen molar-refractivity contribution in [3.63, 3.8) is 0 Å². The summed E-state index contributed by atoms with van der Waals surface area (Å²) in [6.45, 7) is -6.90. The molecule has 812 valence electrons. The summed E-state index contributed by atoms with van der Waals surface area (Å²) in [5.41, 5.74) is 0. The molecule has 12 heterocycles. The highest BCUT2D eigenvalue weighted by molar-refractivity contribution is 5.74. The summed E-state index contributed by atoms with van der Waals surface area (Å²) < 4.78 is 138. The summed E-state index contributed by atoms with van der Waals surface area (Å²) in [7, 11) is 0. The molecule has 0 aromatic carbocycles. The van der Waals surface area contributed by atoms with Crippen molar-refractivity contribution >= 4 is 17.7 Å². The Hall–Kier alpha value is -3.83. The average Bonchev–Trinajstić information content (AvgIpc) is 0.755. The van der Waals surface area contributed by atoms with E-state index in [1.165, 1.54) is 13.8 Å². The normalized spacial score (nSPS) is 51.6. The number of aliphatic hydroxyl groups is 33. The molecule has 12 aliphatic rings. The van der Waals surface area contributed by atoms with E-state index in [0.717, 1.165) is 20.8 Å². The molecule has 0 aromatic rings. The first kappa shape index (κ1) is 115. The Labute approximate surface area is 792 Å². The van der Waals surface area contributed by atoms with Crippen LogP contribution in [0.5, 0.6) is 0 Å². The van der Waals surface area contributed by atoms with Crippen molar-refractivity contribution in [3.05, 3.63) is 0 Å². The number of carbonyl (C=O) groups is 3. The first-order chi connectivity index (χ1) is 66.2. The number of hydrogen-bond acceptors (Lipinski definition) is 59. The molecule has 0 radical (unpaired) electrons. The van der Waals surface area contributed by atoms with E-state index < -0.39 is 452 Å². The highest BCUT2D eigenvalue weighted by Gasteiger charge is 2.64. The zero-order valence-corrected chi connectivity index (χ0v) is 75.1. The van der Waals surface area contributed by atoms with Crippen LogP contribution in [0.4, 0.5) is 0 Å². The molecule has 62 nitrogen and oxygen atoms in total. The highest BCUT2D eigenvalue weighted by atomic mass is 16.8. The fourth-order valence-electron chi connectivity index (χ4n) is 18.4. The van der Waals surface area contributed by atoms with Gasteiger partial charge in [0.25, 0.3) is 0 Å². The van der Waals surface area contributed by atoms with Gasteiger partial charge < -0.3 is 293 Å². The van der Waals surface area contributed by atoms with Crippen LogP contribution in [0, 0.1) is 0 Å². The molecule has 36 N–H and O–H groups in total. The summed E-state index contributed by atoms with van der Waals surface area (Å²) in [5.74, 6) is -3.25. The van der Waals surface area contributed by atoms with Crippen molar-refractivity contribution < 1.29 is 292 Å². The van der Waals surface area contributed by atoms with E-state index in [2.05, 4.69) is 16.0 Å². The molecule has 12 fully saturated rings. The third kappa shape index (κ3) is 24.6. The van der Waals surface area contributed by atoms with Gasteiger partial charge in [0, 0.05) is 20.8 Å². The molecular formula is C78H131N3O59. The van der Waals surface area contributed by atoms with Crippen LogP contribution in [-0.2, 0) is 123 Å². The van der Waals surface area contributed by atoms with Crippen LogP contribution in [0.3, 0.4) is 0 Å². The van der Waals surface area contributed by atoms with Crippen molar-refractivity contribution in [2.24, 2.45) is 0 Å². The summed E-state index contributed by atoms with van der Waals surface area (Å²) in [5, 5.41) is 377. The second-order valence-electron chi connectivity index (χ2n) is 35.8. The maximum Gasteiger partial charge on any atom is 0.217 e. The van der Waals surface area contributed by atoms with Crippen LogP contribution >= 0.6 is 0 Å². The predicted molar refractivity (Wildman–Crippen MR) is 427 cm³/mol. The fourth-order valence-corrected chi connectivity index (χ4v) is 18.4. The minimum atomic E-state index is -2.72. The Morgan fingerprint density at radius 2 is 0.429 bits per heavy atom. The van der Waals surface area contributed by atoms with E-state index in [1.807, 2.05) is 0 Å². The van der Waals surface area contributed by atoms with Gasteiger partial charge in [-0.3, -0.25) is 14.4 Å². The third-order valence-electron chi connectivity index (χ3n) is 26.2. The molecule has 0 spiro atoms. The SMILES string of the molecule is CC(=O)N[C@H]1[C@H](O[C@H]2[C@@H](O)[C@@H](CO)O[C@@H](O[C@H]3[C@H](O)[C@@H](O)[C@H](O)O[C@@H]3CO)[C@@H]2O)O[C@H](CO)[C@@H](O[C@@H]2O[C@H](CO[C@@H]3O[C@H](CO)[C@@H](O[C@@H]4O[C@H](CO)[C@H](O)[C@H](O[C@H]5O[C@H](CO)[C@H](O)[C@H](O)[C@H]5O)[C@H]4O)[C@H](O[C@@H]4O[C@@H](C)[C@@H](O)[C@@H](O)[C@@H]4O)[C@H]3NC(C)=O)[C@H](O)[C@H](O[C@@H]3O[C@H](CO)[C@@H](O[C@@H]4O[C@H](CO)[C@H](O)[C@H](O[C@H]5O[C@H](CO)[C@H](O)[C@H](O)[C@H]5O)[C@H]4O)[C@H](O[C@@H]4O[C@@H](C)[C@@H](O)[C@@H](O)[C@@H]4O)[C@H]3NC(C)=O)[C@H]2O)[C@@H]1O. The van der Waals surface area contributed by atoms with Gasteiger partial charge in [0.2, 0.25) is 17.7 Å². The zero-order chi connectivity index (χ0) is 103. The summed E-state index contributed by atoms with van der Waals surface area (Å²) in [6.07, 6.45) is -123. The van der Waals surface area contributed by atoms with Crippen LogP contribution < -0.4 is 16.0 Å². The Bertz CT molecular complexity index is 3820. The van der Waals surface area contributed by atoms with Gasteiger partial charge in [-0.2, -0.15) is 0 Å². The third-order valence-corrected chi connectivity index (χ3v) is 26.2. The minimum absolute atomic E-state index is 0.851. The van der Waals surface area contributed by atoms with E-state index in [1.54, 1.807) is 0 Å². The van der Waals surface area contributed by atoms with Crippen LogP contribution in [-0.4, -0.2) is 621 Å². The molecule has 0 aromatic heterocycles. The van der Waals surface area contributed by atoms with Crippen molar-refractivity contribution in [1.29, 1.82) is 0 Å². The van der Waals surface area contributed by atoms with Gasteiger partial charge in [-0.1, -0.05) is 0 Å². The molecule has 12 rings (SSSR count). The summed E-state index contributed by atoms with van der Waals surface area (Å²) in [4.78, 5) is 41.1. The van der Waals surface area contributed by atoms with Gasteiger partial charge >= 0.3 is 0 Å². The summed E-state index contributed by atoms with van der Waals surface area (Å²) in [6, 6.07) is -6.46. The monoisotopic (exact) mass is 2050 g/mol. The molecule has 140 heavy (non-hydrogen) atoms. The number of ether oxygens (including phenoxy) is 23. The van der Waals surface area contributed by atoms with Crippen LogP contribution in [0.2, 0.25) is 0 Å². The molecule has 0 saturated carbocycles. The van der Waals surface area contributed by atoms with Crippen LogP contribution in [0.1, 0.15) is 34.6 Å². The van der Waals surface area contributed by atoms with E-state index in [4.69, 9.17) is 109 Å². The number of nitrogens with one attached hydrogen (secondary N) is 3. The number of aliphatic hydroxyl groups excluding tert-OH is 33. The average molecular weight is 2050 g/mol. The summed E-state index contributed by atoms with van der Waals surface area (Å²) >= 11 is 0. The molecule has 12 saturated heterocycles. The fraction of sp³-hybridized carbons (Fsp3) is 0.962. The van der Waals surface area contributed by atoms with Gasteiger partial charge in [0.1, 0.15) is 281 Å². The standard InChI is InChI=1S/C78H131N3O59/c1-16-34(94)43(103)49(109)71(119-16)135-61-32(80-19(4)92)68(127-28(13-89)59(61)133-76-54(114)64(39(99)24(9-85)125-76)139-73-51(111)45(105)36(96)21(6-82)122-73)118-15-30-41(101)66(56(116)78(130-30)131-57-27(12-88)128-69(31(42(57)102)79-18(3)91)137-63-38(98)23(8-84)124-75(53(63)113)132-58-26(11-87)121-67(117)48(108)47(58)107)138-70-33(81-20(5)93)62(136-72-50(110)44(104)35(95)17(2)120-72)60(29(14-90)129-70)134-77-55(115)65(40(100)25(10-86)126-77)140-74-52(112)46(106)37(97)22(7-83)123-74/h16-17,21-78,82-90,94-117H,6-15H2,1-5H3,(H,79,91)(H,80,92)(H,81,93)/t16-,17-,21+,22+,23+,24+,25+,26+,27+,28+,29+,30+,31+,32+,33+,34+,35+,36-,37-,38-,39-,40-,41-,42+,43+,44+,45-,46-,47+,48+,49-,50-,51+,52+,53+,54+,55+,56+,57+,58+,59+,60+,61+,62+,63-,64-,65-,66-,67+,68+,69-,70-,71-,72-,73+,74+,75-,76-,77-,78-/m0/s1. The van der Waals surface area contributed by atoms with E-state index in [-0.39, 0.29) is 0 Å². The molecule has 0 bridgehead atoms. The lowest BCUT2D eigenvalue weighted by atomic mass is 9.93. The Balaban J connectivity index is 0.917. The second kappa shape index (κ2) is 49.7. The quantitative estimate of drug-likeness (QED) is 0.0280. The number of carbonyl (C=O) groups excluding carboxylic acids is 3. The molecule has 3 amide bonds. The van der Waals surface area contributed by atoms with Gasteiger partial charge in [0.05, 0.1) is 78.3 Å². The minimum Gasteiger partial charge on any atom is -0.394 e.